The van der Waals surface area contributed by atoms with Gasteiger partial charge in [0.1, 0.15) is 0 Å². The second-order valence-electron chi connectivity index (χ2n) is 0.189. The molecule has 2 heteroatoms. The summed E-state index contributed by atoms with van der Waals surface area (Å²) in [6, 6.07) is 0. The normalized spacial score (nSPS) is 4.50. The minimum absolute atomic E-state index is 0. The zero-order chi connectivity index (χ0) is 2.71. The van der Waals surface area contributed by atoms with E-state index in [1.165, 1.54) is 0 Å². The van der Waals surface area contributed by atoms with E-state index in [1.54, 1.807) is 0 Å². The number of halogens is 1. The summed E-state index contributed by atoms with van der Waals surface area (Å²) in [5, 5.41) is 0.812. The first kappa shape index (κ1) is 9.08. The predicted octanol–water partition coefficient (Wildman–Crippen LogP) is 0.567. The average molecular weight is 132 g/mol. The molecule has 0 aliphatic rings. The molecule has 0 aromatic heterocycles. The van der Waals surface area contributed by atoms with Gasteiger partial charge in [0.2, 0.25) is 0 Å². The van der Waals surface area contributed by atoms with Crippen molar-refractivity contribution in [1.29, 1.82) is 0 Å². The van der Waals surface area contributed by atoms with Crippen LogP contribution in [0.25, 0.3) is 0 Å². The Hall–Kier alpha value is 1.48. The summed E-state index contributed by atoms with van der Waals surface area (Å²) in [6.45, 7) is 3.40. The topological polar surface area (TPSA) is 0 Å². The van der Waals surface area contributed by atoms with Crippen molar-refractivity contribution < 1.29 is 0 Å². The third-order valence-electron chi connectivity index (χ3n) is 0. The van der Waals surface area contributed by atoms with Crippen LogP contribution in [-0.4, -0.2) is 34.9 Å². The van der Waals surface area contributed by atoms with Crippen LogP contribution in [0.5, 0.6) is 0 Å². The summed E-state index contributed by atoms with van der Waals surface area (Å²) in [7, 11) is 0. The van der Waals surface area contributed by atoms with Crippen LogP contribution in [0.1, 0.15) is 0 Å². The molecular formula is C2H5BrNa. The Morgan fingerprint density at radius 2 is 1.75 bits per heavy atom. The van der Waals surface area contributed by atoms with Gasteiger partial charge in [-0.25, -0.2) is 0 Å². The van der Waals surface area contributed by atoms with Gasteiger partial charge in [0.05, 0.1) is 0 Å². The number of alkyl halides is 1. The van der Waals surface area contributed by atoms with E-state index in [4.69, 9.17) is 0 Å². The van der Waals surface area contributed by atoms with Gasteiger partial charge in [-0.15, -0.1) is 0 Å². The van der Waals surface area contributed by atoms with Crippen molar-refractivity contribution in [2.24, 2.45) is 0 Å². The van der Waals surface area contributed by atoms with Gasteiger partial charge in [0, 0.05) is 5.33 Å². The average Bonchev–Trinajstić information content (AvgIpc) is 0.918. The van der Waals surface area contributed by atoms with Gasteiger partial charge in [-0.2, -0.15) is 0 Å². The minimum atomic E-state index is 0. The van der Waals surface area contributed by atoms with Crippen molar-refractivity contribution in [2.75, 3.05) is 5.33 Å². The van der Waals surface area contributed by atoms with Crippen molar-refractivity contribution in [2.45, 2.75) is 0 Å². The Bertz CT molecular complexity index is 6.00. The molecule has 1 radical (unpaired) electrons. The van der Waals surface area contributed by atoms with E-state index in [0.29, 0.717) is 0 Å². The van der Waals surface area contributed by atoms with Crippen LogP contribution in [-0.2, 0) is 0 Å². The molecule has 0 rings (SSSR count). The zero-order valence-corrected chi connectivity index (χ0v) is 3.38. The fourth-order valence-corrected chi connectivity index (χ4v) is 0. The molecule has 0 heterocycles. The standard InChI is InChI=1S/C2H4Br.Na.H/c1-2-3;;/h1-2H2;;. The van der Waals surface area contributed by atoms with E-state index >= 15 is 0 Å². The second-order valence-corrected chi connectivity index (χ2v) is 0.982. The molecule has 0 aliphatic carbocycles. The SMILES string of the molecule is [CH2]CBr.[NaH]. The second kappa shape index (κ2) is 8.82. The summed E-state index contributed by atoms with van der Waals surface area (Å²) in [5.74, 6) is 0. The molecule has 0 N–H and O–H groups in total. The van der Waals surface area contributed by atoms with E-state index < -0.39 is 0 Å². The Morgan fingerprint density at radius 1 is 1.75 bits per heavy atom. The van der Waals surface area contributed by atoms with Gasteiger partial charge in [-0.3, -0.25) is 0 Å². The molecule has 0 bridgehead atoms. The van der Waals surface area contributed by atoms with Gasteiger partial charge in [0.15, 0.2) is 0 Å². The van der Waals surface area contributed by atoms with E-state index in [9.17, 15) is 0 Å². The van der Waals surface area contributed by atoms with Gasteiger partial charge in [-0.1, -0.05) is 15.9 Å². The summed E-state index contributed by atoms with van der Waals surface area (Å²) in [5.41, 5.74) is 0. The molecule has 0 saturated heterocycles. The molecule has 0 aliphatic heterocycles. The van der Waals surface area contributed by atoms with E-state index in [-0.39, 0.29) is 29.6 Å². The number of hydrogen-bond acceptors (Lipinski definition) is 0. The first-order chi connectivity index (χ1) is 1.41. The zero-order valence-electron chi connectivity index (χ0n) is 1.79. The van der Waals surface area contributed by atoms with Gasteiger partial charge >= 0.3 is 29.6 Å². The Balaban J connectivity index is 0. The van der Waals surface area contributed by atoms with Crippen molar-refractivity contribution in [3.63, 3.8) is 0 Å². The van der Waals surface area contributed by atoms with Crippen molar-refractivity contribution in [3.8, 4) is 0 Å². The molecule has 0 saturated carbocycles. The Labute approximate surface area is 57.4 Å². The Kier molecular flexibility index (Phi) is 20.0. The summed E-state index contributed by atoms with van der Waals surface area (Å²) in [4.78, 5) is 0. The van der Waals surface area contributed by atoms with Gasteiger partial charge < -0.3 is 0 Å². The monoisotopic (exact) mass is 131 g/mol. The molecule has 0 nitrogen and oxygen atoms in total. The Morgan fingerprint density at radius 3 is 1.75 bits per heavy atom. The van der Waals surface area contributed by atoms with Crippen molar-refractivity contribution in [3.05, 3.63) is 6.92 Å². The molecule has 21 valence electrons. The van der Waals surface area contributed by atoms with Crippen LogP contribution >= 0.6 is 15.9 Å². The molecule has 0 atom stereocenters. The van der Waals surface area contributed by atoms with Crippen LogP contribution < -0.4 is 0 Å². The van der Waals surface area contributed by atoms with Gasteiger partial charge in [0.25, 0.3) is 0 Å². The third-order valence-corrected chi connectivity index (χ3v) is 0. The fourth-order valence-electron chi connectivity index (χ4n) is 0. The predicted molar refractivity (Wildman–Crippen MR) is 26.3 cm³/mol. The van der Waals surface area contributed by atoms with Crippen molar-refractivity contribution in [1.82, 2.24) is 0 Å². The maximum absolute atomic E-state index is 3.40. The summed E-state index contributed by atoms with van der Waals surface area (Å²) >= 11 is 3.03. The summed E-state index contributed by atoms with van der Waals surface area (Å²) < 4.78 is 0. The van der Waals surface area contributed by atoms with Crippen molar-refractivity contribution >= 4 is 45.5 Å². The molecule has 0 aromatic carbocycles. The molecule has 4 heavy (non-hydrogen) atoms. The first-order valence-corrected chi connectivity index (χ1v) is 1.89. The van der Waals surface area contributed by atoms with Crippen LogP contribution in [0.3, 0.4) is 0 Å². The van der Waals surface area contributed by atoms with Crippen LogP contribution in [0.15, 0.2) is 0 Å². The number of rotatable bonds is 0. The van der Waals surface area contributed by atoms with Crippen LogP contribution in [0, 0.1) is 6.92 Å². The molecule has 0 unspecified atom stereocenters. The number of hydrogen-bond donors (Lipinski definition) is 0. The first-order valence-electron chi connectivity index (χ1n) is 0.767. The van der Waals surface area contributed by atoms with E-state index in [2.05, 4.69) is 22.9 Å². The van der Waals surface area contributed by atoms with E-state index in [1.807, 2.05) is 0 Å². The molecule has 0 fully saturated rings. The molecule has 0 amide bonds. The van der Waals surface area contributed by atoms with Crippen LogP contribution in [0.4, 0.5) is 0 Å². The molecule has 0 spiro atoms. The third kappa shape index (κ3) is 9.77. The quantitative estimate of drug-likeness (QED) is 0.333. The molecular weight excluding hydrogens is 127 g/mol. The fraction of sp³-hybridized carbons (Fsp3) is 0.500. The summed E-state index contributed by atoms with van der Waals surface area (Å²) in [6.07, 6.45) is 0. The van der Waals surface area contributed by atoms with Gasteiger partial charge in [-0.05, 0) is 6.92 Å². The van der Waals surface area contributed by atoms with Crippen LogP contribution in [0.2, 0.25) is 0 Å². The molecule has 0 aromatic rings. The maximum atomic E-state index is 3.40. The van der Waals surface area contributed by atoms with E-state index in [0.717, 1.165) is 5.33 Å².